The lowest BCUT2D eigenvalue weighted by atomic mass is 9.95. The molecule has 18 heavy (non-hydrogen) atoms. The third-order valence-corrected chi connectivity index (χ3v) is 4.60. The predicted molar refractivity (Wildman–Crippen MR) is 72.7 cm³/mol. The van der Waals surface area contributed by atoms with Gasteiger partial charge in [-0.2, -0.15) is 0 Å². The molecule has 2 fully saturated rings. The van der Waals surface area contributed by atoms with Gasteiger partial charge >= 0.3 is 0 Å². The molecule has 0 spiro atoms. The Morgan fingerprint density at radius 3 is 2.72 bits per heavy atom. The standard InChI is InChI=1S/C15H22N2O/c1-11-15-8-16-7-13(15)10-17(11)9-12-3-5-14(18-2)6-4-12/h3-6,11,13,15-16H,7-10H2,1-2H3. The molecule has 98 valence electrons. The summed E-state index contributed by atoms with van der Waals surface area (Å²) in [6.07, 6.45) is 0. The second kappa shape index (κ2) is 4.90. The van der Waals surface area contributed by atoms with Gasteiger partial charge in [-0.1, -0.05) is 12.1 Å². The lowest BCUT2D eigenvalue weighted by Crippen LogP contribution is -2.32. The first-order valence-electron chi connectivity index (χ1n) is 6.85. The molecule has 2 aliphatic rings. The third kappa shape index (κ3) is 2.13. The fourth-order valence-electron chi connectivity index (χ4n) is 3.43. The Bertz CT molecular complexity index is 403. The summed E-state index contributed by atoms with van der Waals surface area (Å²) in [6.45, 7) is 7.09. The molecule has 3 nitrogen and oxygen atoms in total. The zero-order valence-corrected chi connectivity index (χ0v) is 11.2. The van der Waals surface area contributed by atoms with Crippen LogP contribution in [0.25, 0.3) is 0 Å². The third-order valence-electron chi connectivity index (χ3n) is 4.60. The van der Waals surface area contributed by atoms with Crippen molar-refractivity contribution in [1.29, 1.82) is 0 Å². The van der Waals surface area contributed by atoms with Gasteiger partial charge in [-0.3, -0.25) is 4.90 Å². The largest absolute Gasteiger partial charge is 0.497 e. The Balaban J connectivity index is 1.65. The first-order valence-corrected chi connectivity index (χ1v) is 6.85. The summed E-state index contributed by atoms with van der Waals surface area (Å²) in [4.78, 5) is 2.62. The molecule has 3 atom stereocenters. The highest BCUT2D eigenvalue weighted by molar-refractivity contribution is 5.27. The van der Waals surface area contributed by atoms with Crippen molar-refractivity contribution in [2.45, 2.75) is 19.5 Å². The highest BCUT2D eigenvalue weighted by atomic mass is 16.5. The molecular weight excluding hydrogens is 224 g/mol. The van der Waals surface area contributed by atoms with Crippen LogP contribution >= 0.6 is 0 Å². The molecule has 0 aromatic heterocycles. The number of rotatable bonds is 3. The summed E-state index contributed by atoms with van der Waals surface area (Å²) in [7, 11) is 1.71. The Kier molecular flexibility index (Phi) is 3.27. The molecular formula is C15H22N2O. The number of nitrogens with zero attached hydrogens (tertiary/aromatic N) is 1. The molecule has 1 aromatic rings. The number of hydrogen-bond donors (Lipinski definition) is 1. The van der Waals surface area contributed by atoms with E-state index in [2.05, 4.69) is 41.4 Å². The fourth-order valence-corrected chi connectivity index (χ4v) is 3.43. The van der Waals surface area contributed by atoms with Crippen molar-refractivity contribution >= 4 is 0 Å². The second-order valence-electron chi connectivity index (χ2n) is 5.60. The number of hydrogen-bond acceptors (Lipinski definition) is 3. The second-order valence-corrected chi connectivity index (χ2v) is 5.60. The maximum absolute atomic E-state index is 5.20. The predicted octanol–water partition coefficient (Wildman–Crippen LogP) is 1.73. The Hall–Kier alpha value is -1.06. The summed E-state index contributed by atoms with van der Waals surface area (Å²) >= 11 is 0. The maximum Gasteiger partial charge on any atom is 0.118 e. The lowest BCUT2D eigenvalue weighted by Gasteiger charge is -2.24. The molecule has 2 aliphatic heterocycles. The van der Waals surface area contributed by atoms with Gasteiger partial charge in [0, 0.05) is 19.1 Å². The minimum absolute atomic E-state index is 0.701. The lowest BCUT2D eigenvalue weighted by molar-refractivity contribution is 0.231. The zero-order valence-electron chi connectivity index (χ0n) is 11.2. The van der Waals surface area contributed by atoms with Crippen LogP contribution < -0.4 is 10.1 Å². The molecule has 0 aliphatic carbocycles. The van der Waals surface area contributed by atoms with Gasteiger partial charge in [0.15, 0.2) is 0 Å². The number of nitrogens with one attached hydrogen (secondary N) is 1. The van der Waals surface area contributed by atoms with E-state index in [1.807, 2.05) is 0 Å². The van der Waals surface area contributed by atoms with Crippen molar-refractivity contribution in [2.75, 3.05) is 26.7 Å². The highest BCUT2D eigenvalue weighted by Gasteiger charge is 2.41. The van der Waals surface area contributed by atoms with Crippen LogP contribution in [0.15, 0.2) is 24.3 Å². The van der Waals surface area contributed by atoms with Crippen molar-refractivity contribution in [3.63, 3.8) is 0 Å². The number of likely N-dealkylation sites (tertiary alicyclic amines) is 1. The van der Waals surface area contributed by atoms with Crippen LogP contribution in [-0.4, -0.2) is 37.7 Å². The number of ether oxygens (including phenoxy) is 1. The van der Waals surface area contributed by atoms with Crippen molar-refractivity contribution < 1.29 is 4.74 Å². The minimum atomic E-state index is 0.701. The van der Waals surface area contributed by atoms with Crippen LogP contribution in [0.1, 0.15) is 12.5 Å². The quantitative estimate of drug-likeness (QED) is 0.879. The smallest absolute Gasteiger partial charge is 0.118 e. The van der Waals surface area contributed by atoms with Gasteiger partial charge in [-0.15, -0.1) is 0 Å². The van der Waals surface area contributed by atoms with Crippen LogP contribution in [-0.2, 0) is 6.54 Å². The molecule has 0 radical (unpaired) electrons. The fraction of sp³-hybridized carbons (Fsp3) is 0.600. The Labute approximate surface area is 109 Å². The van der Waals surface area contributed by atoms with Gasteiger partial charge in [0.25, 0.3) is 0 Å². The molecule has 2 heterocycles. The summed E-state index contributed by atoms with van der Waals surface area (Å²) in [5, 5.41) is 3.51. The number of methoxy groups -OCH3 is 1. The molecule has 2 saturated heterocycles. The van der Waals surface area contributed by atoms with Gasteiger partial charge in [0.2, 0.25) is 0 Å². The van der Waals surface area contributed by atoms with Crippen LogP contribution in [0.3, 0.4) is 0 Å². The Morgan fingerprint density at radius 1 is 1.28 bits per heavy atom. The van der Waals surface area contributed by atoms with Crippen LogP contribution in [0, 0.1) is 11.8 Å². The van der Waals surface area contributed by atoms with Crippen molar-refractivity contribution in [3.8, 4) is 5.75 Å². The van der Waals surface area contributed by atoms with E-state index < -0.39 is 0 Å². The monoisotopic (exact) mass is 246 g/mol. The van der Waals surface area contributed by atoms with Gasteiger partial charge in [0.1, 0.15) is 5.75 Å². The van der Waals surface area contributed by atoms with Gasteiger partial charge in [0.05, 0.1) is 7.11 Å². The van der Waals surface area contributed by atoms with Gasteiger partial charge < -0.3 is 10.1 Å². The molecule has 3 unspecified atom stereocenters. The molecule has 0 bridgehead atoms. The normalized spacial score (nSPS) is 31.6. The van der Waals surface area contributed by atoms with Gasteiger partial charge in [-0.25, -0.2) is 0 Å². The maximum atomic E-state index is 5.20. The SMILES string of the molecule is COc1ccc(CN2CC3CNCC3C2C)cc1. The average molecular weight is 246 g/mol. The molecule has 3 heteroatoms. The van der Waals surface area contributed by atoms with E-state index in [4.69, 9.17) is 4.74 Å². The van der Waals surface area contributed by atoms with Crippen molar-refractivity contribution in [2.24, 2.45) is 11.8 Å². The summed E-state index contributed by atoms with van der Waals surface area (Å²) in [6, 6.07) is 9.17. The van der Waals surface area contributed by atoms with E-state index in [1.165, 1.54) is 25.2 Å². The summed E-state index contributed by atoms with van der Waals surface area (Å²) < 4.78 is 5.20. The molecule has 1 aromatic carbocycles. The number of fused-ring (bicyclic) bond motifs is 1. The van der Waals surface area contributed by atoms with E-state index in [0.29, 0.717) is 6.04 Å². The summed E-state index contributed by atoms with van der Waals surface area (Å²) in [5.41, 5.74) is 1.38. The summed E-state index contributed by atoms with van der Waals surface area (Å²) in [5.74, 6) is 2.65. The highest BCUT2D eigenvalue weighted by Crippen LogP contribution is 2.33. The average Bonchev–Trinajstić information content (AvgIpc) is 2.95. The van der Waals surface area contributed by atoms with E-state index in [-0.39, 0.29) is 0 Å². The van der Waals surface area contributed by atoms with Crippen LogP contribution in [0.4, 0.5) is 0 Å². The van der Waals surface area contributed by atoms with Crippen LogP contribution in [0.5, 0.6) is 5.75 Å². The minimum Gasteiger partial charge on any atom is -0.497 e. The topological polar surface area (TPSA) is 24.5 Å². The van der Waals surface area contributed by atoms with E-state index in [0.717, 1.165) is 24.1 Å². The van der Waals surface area contributed by atoms with E-state index >= 15 is 0 Å². The first kappa shape index (κ1) is 12.0. The zero-order chi connectivity index (χ0) is 12.5. The molecule has 3 rings (SSSR count). The Morgan fingerprint density at radius 2 is 2.06 bits per heavy atom. The van der Waals surface area contributed by atoms with Crippen molar-refractivity contribution in [1.82, 2.24) is 10.2 Å². The number of benzene rings is 1. The molecule has 0 amide bonds. The van der Waals surface area contributed by atoms with Gasteiger partial charge in [-0.05, 0) is 49.5 Å². The van der Waals surface area contributed by atoms with Crippen molar-refractivity contribution in [3.05, 3.63) is 29.8 Å². The molecule has 1 N–H and O–H groups in total. The molecule has 0 saturated carbocycles. The first-order chi connectivity index (χ1) is 8.78. The van der Waals surface area contributed by atoms with E-state index in [1.54, 1.807) is 7.11 Å². The van der Waals surface area contributed by atoms with E-state index in [9.17, 15) is 0 Å². The van der Waals surface area contributed by atoms with Crippen LogP contribution in [0.2, 0.25) is 0 Å².